The van der Waals surface area contributed by atoms with E-state index in [1.54, 1.807) is 23.4 Å². The second kappa shape index (κ2) is 14.9. The number of aryl methyl sites for hydroxylation is 3. The minimum absolute atomic E-state index is 0.0234. The summed E-state index contributed by atoms with van der Waals surface area (Å²) in [5.41, 5.74) is 3.07. The maximum atomic E-state index is 13.8. The van der Waals surface area contributed by atoms with E-state index in [1.165, 1.54) is 37.7 Å². The van der Waals surface area contributed by atoms with Gasteiger partial charge in [0, 0.05) is 36.1 Å². The van der Waals surface area contributed by atoms with Crippen molar-refractivity contribution in [2.45, 2.75) is 108 Å². The smallest absolute Gasteiger partial charge is 0.243 e. The maximum absolute atomic E-state index is 13.8. The Labute approximate surface area is 265 Å². The van der Waals surface area contributed by atoms with Gasteiger partial charge in [-0.1, -0.05) is 55.3 Å². The number of carbonyl (C=O) groups excluding carboxylic acids is 1. The number of amides is 1. The molecule has 1 heterocycles. The Morgan fingerprint density at radius 1 is 1.07 bits per heavy atom. The second-order valence-corrected chi connectivity index (χ2v) is 15.7. The molecular formula is C35H52ClN3O3S. The van der Waals surface area contributed by atoms with E-state index in [0.717, 1.165) is 37.7 Å². The lowest BCUT2D eigenvalue weighted by atomic mass is 9.72. The van der Waals surface area contributed by atoms with Crippen molar-refractivity contribution in [3.05, 3.63) is 64.2 Å². The average Bonchev–Trinajstić information content (AvgIpc) is 2.99. The van der Waals surface area contributed by atoms with E-state index in [0.29, 0.717) is 40.9 Å². The van der Waals surface area contributed by atoms with Gasteiger partial charge >= 0.3 is 0 Å². The van der Waals surface area contributed by atoms with Crippen molar-refractivity contribution in [1.82, 2.24) is 14.5 Å². The van der Waals surface area contributed by atoms with Crippen molar-refractivity contribution in [2.75, 3.05) is 27.2 Å². The molecule has 1 saturated carbocycles. The molecule has 43 heavy (non-hydrogen) atoms. The van der Waals surface area contributed by atoms with Crippen LogP contribution in [-0.2, 0) is 21.2 Å². The fourth-order valence-corrected chi connectivity index (χ4v) is 9.62. The summed E-state index contributed by atoms with van der Waals surface area (Å²) in [5.74, 6) is 0.589. The van der Waals surface area contributed by atoms with Gasteiger partial charge in [-0.15, -0.1) is 0 Å². The normalized spacial score (nSPS) is 24.2. The van der Waals surface area contributed by atoms with Gasteiger partial charge in [0.15, 0.2) is 0 Å². The molecule has 1 amide bonds. The zero-order valence-corrected chi connectivity index (χ0v) is 28.4. The van der Waals surface area contributed by atoms with Gasteiger partial charge in [-0.2, -0.15) is 4.31 Å². The molecule has 238 valence electrons. The lowest BCUT2D eigenvalue weighted by molar-refractivity contribution is -0.122. The van der Waals surface area contributed by atoms with E-state index >= 15 is 0 Å². The summed E-state index contributed by atoms with van der Waals surface area (Å²) < 4.78 is 29.3. The van der Waals surface area contributed by atoms with Crippen molar-refractivity contribution in [1.29, 1.82) is 0 Å². The first-order valence-electron chi connectivity index (χ1n) is 16.2. The Kier molecular flexibility index (Phi) is 11.8. The van der Waals surface area contributed by atoms with E-state index < -0.39 is 10.0 Å². The topological polar surface area (TPSA) is 69.7 Å². The molecule has 1 N–H and O–H groups in total. The number of benzene rings is 2. The lowest BCUT2D eigenvalue weighted by Gasteiger charge is -2.45. The molecule has 2 unspecified atom stereocenters. The minimum Gasteiger partial charge on any atom is -0.356 e. The molecule has 0 bridgehead atoms. The number of nitrogens with zero attached hydrogens (tertiary/aromatic N) is 2. The third-order valence-electron chi connectivity index (χ3n) is 10.3. The van der Waals surface area contributed by atoms with E-state index in [-0.39, 0.29) is 23.4 Å². The number of carbonyl (C=O) groups is 1. The van der Waals surface area contributed by atoms with Crippen LogP contribution in [-0.4, -0.2) is 62.3 Å². The molecule has 2 atom stereocenters. The Bertz CT molecular complexity index is 1320. The standard InChI is InChI=1S/C35H52ClN3O3S/c1-26-24-33(28(3)23-31(26)36)43(41,42)39-22-10-9-13-32(39)27(2)25-34(40)37-21-17-30-15-19-35(20-16-30,38(4)5)18-14-29-11-7-6-8-12-29/h6-8,11-12,23-24,27,30,32H,9-10,13-22,25H2,1-5H3,(H,37,40). The van der Waals surface area contributed by atoms with Crippen LogP contribution in [0.25, 0.3) is 0 Å². The summed E-state index contributed by atoms with van der Waals surface area (Å²) in [6.45, 7) is 6.83. The van der Waals surface area contributed by atoms with Crippen LogP contribution in [0.1, 0.15) is 87.8 Å². The number of halogens is 1. The van der Waals surface area contributed by atoms with Crippen molar-refractivity contribution in [3.63, 3.8) is 0 Å². The molecule has 2 aromatic carbocycles. The van der Waals surface area contributed by atoms with Gasteiger partial charge in [-0.25, -0.2) is 8.42 Å². The van der Waals surface area contributed by atoms with Gasteiger partial charge in [0.05, 0.1) is 4.90 Å². The number of hydrogen-bond acceptors (Lipinski definition) is 4. The van der Waals surface area contributed by atoms with Gasteiger partial charge in [0.25, 0.3) is 0 Å². The summed E-state index contributed by atoms with van der Waals surface area (Å²) in [4.78, 5) is 15.8. The molecular weight excluding hydrogens is 578 g/mol. The number of piperidine rings is 1. The summed E-state index contributed by atoms with van der Waals surface area (Å²) in [6.07, 6.45) is 11.0. The van der Waals surface area contributed by atoms with E-state index in [9.17, 15) is 13.2 Å². The zero-order chi connectivity index (χ0) is 31.2. The van der Waals surface area contributed by atoms with Crippen LogP contribution >= 0.6 is 11.6 Å². The first-order chi connectivity index (χ1) is 20.4. The number of sulfonamides is 1. The molecule has 1 aliphatic heterocycles. The molecule has 2 aliphatic rings. The van der Waals surface area contributed by atoms with Gasteiger partial charge in [-0.3, -0.25) is 4.79 Å². The molecule has 0 radical (unpaired) electrons. The fourth-order valence-electron chi connectivity index (χ4n) is 7.32. The van der Waals surface area contributed by atoms with Crippen LogP contribution in [0.3, 0.4) is 0 Å². The Morgan fingerprint density at radius 3 is 2.44 bits per heavy atom. The van der Waals surface area contributed by atoms with E-state index in [4.69, 9.17) is 11.6 Å². The fraction of sp³-hybridized carbons (Fsp3) is 0.629. The number of rotatable bonds is 12. The van der Waals surface area contributed by atoms with Crippen LogP contribution in [0.15, 0.2) is 47.4 Å². The molecule has 0 aromatic heterocycles. The van der Waals surface area contributed by atoms with Crippen molar-refractivity contribution in [2.24, 2.45) is 11.8 Å². The average molecular weight is 630 g/mol. The molecule has 0 spiro atoms. The number of hydrogen-bond donors (Lipinski definition) is 1. The van der Waals surface area contributed by atoms with Gasteiger partial charge in [0.2, 0.25) is 15.9 Å². The minimum atomic E-state index is -3.69. The molecule has 1 aliphatic carbocycles. The highest BCUT2D eigenvalue weighted by molar-refractivity contribution is 7.89. The SMILES string of the molecule is Cc1cc(S(=O)(=O)N2CCCCC2C(C)CC(=O)NCCC2CCC(CCc3ccccc3)(N(C)C)CC2)c(C)cc1Cl. The first-order valence-corrected chi connectivity index (χ1v) is 18.0. The largest absolute Gasteiger partial charge is 0.356 e. The third-order valence-corrected chi connectivity index (χ3v) is 12.8. The Balaban J connectivity index is 1.26. The van der Waals surface area contributed by atoms with Gasteiger partial charge < -0.3 is 10.2 Å². The zero-order valence-electron chi connectivity index (χ0n) is 26.9. The monoisotopic (exact) mass is 629 g/mol. The quantitative estimate of drug-likeness (QED) is 0.271. The Hall–Kier alpha value is -1.93. The van der Waals surface area contributed by atoms with Gasteiger partial charge in [-0.05, 0) is 126 Å². The summed E-state index contributed by atoms with van der Waals surface area (Å²) in [7, 11) is 0.761. The maximum Gasteiger partial charge on any atom is 0.243 e. The Morgan fingerprint density at radius 2 is 1.77 bits per heavy atom. The van der Waals surface area contributed by atoms with Crippen molar-refractivity contribution >= 4 is 27.5 Å². The summed E-state index contributed by atoms with van der Waals surface area (Å²) in [6, 6.07) is 14.0. The molecule has 6 nitrogen and oxygen atoms in total. The highest BCUT2D eigenvalue weighted by Crippen LogP contribution is 2.40. The van der Waals surface area contributed by atoms with Crippen LogP contribution in [0.2, 0.25) is 5.02 Å². The highest BCUT2D eigenvalue weighted by Gasteiger charge is 2.38. The van der Waals surface area contributed by atoms with Crippen LogP contribution in [0, 0.1) is 25.7 Å². The van der Waals surface area contributed by atoms with Crippen molar-refractivity contribution in [3.8, 4) is 0 Å². The van der Waals surface area contributed by atoms with Gasteiger partial charge in [0.1, 0.15) is 0 Å². The predicted octanol–water partition coefficient (Wildman–Crippen LogP) is 7.16. The highest BCUT2D eigenvalue weighted by atomic mass is 35.5. The van der Waals surface area contributed by atoms with Crippen LogP contribution in [0.5, 0.6) is 0 Å². The summed E-state index contributed by atoms with van der Waals surface area (Å²) in [5, 5.41) is 3.74. The molecule has 8 heteroatoms. The molecule has 1 saturated heterocycles. The van der Waals surface area contributed by atoms with Crippen molar-refractivity contribution < 1.29 is 13.2 Å². The van der Waals surface area contributed by atoms with Crippen LogP contribution < -0.4 is 5.32 Å². The molecule has 4 rings (SSSR count). The van der Waals surface area contributed by atoms with E-state index in [2.05, 4.69) is 54.6 Å². The third kappa shape index (κ3) is 8.42. The second-order valence-electron chi connectivity index (χ2n) is 13.4. The molecule has 2 aromatic rings. The number of nitrogens with one attached hydrogen (secondary N) is 1. The summed E-state index contributed by atoms with van der Waals surface area (Å²) >= 11 is 6.25. The lowest BCUT2D eigenvalue weighted by Crippen LogP contribution is -2.48. The van der Waals surface area contributed by atoms with E-state index in [1.807, 2.05) is 13.8 Å². The first kappa shape index (κ1) is 34.0. The van der Waals surface area contributed by atoms with Crippen LogP contribution in [0.4, 0.5) is 0 Å². The molecule has 2 fully saturated rings. The predicted molar refractivity (Wildman–Crippen MR) is 177 cm³/mol.